The zero-order valence-corrected chi connectivity index (χ0v) is 15.0. The molecule has 0 radical (unpaired) electrons. The van der Waals surface area contributed by atoms with Gasteiger partial charge in [-0.1, -0.05) is 18.2 Å². The second kappa shape index (κ2) is 7.37. The smallest absolute Gasteiger partial charge is 0.340 e. The number of benzene rings is 1. The Morgan fingerprint density at radius 2 is 2.00 bits per heavy atom. The van der Waals surface area contributed by atoms with Gasteiger partial charge in [-0.15, -0.1) is 11.3 Å². The highest BCUT2D eigenvalue weighted by atomic mass is 32.1. The van der Waals surface area contributed by atoms with Gasteiger partial charge in [0.2, 0.25) is 0 Å². The summed E-state index contributed by atoms with van der Waals surface area (Å²) in [5, 5.41) is 10.9. The minimum atomic E-state index is -0.324. The Morgan fingerprint density at radius 1 is 1.24 bits per heavy atom. The van der Waals surface area contributed by atoms with E-state index in [1.54, 1.807) is 35.6 Å². The van der Waals surface area contributed by atoms with E-state index >= 15 is 0 Å². The Bertz CT molecular complexity index is 916. The molecule has 25 heavy (non-hydrogen) atoms. The highest BCUT2D eigenvalue weighted by Crippen LogP contribution is 2.20. The number of aromatic nitrogens is 1. The fraction of sp³-hybridized carbons (Fsp3) is 0.200. The van der Waals surface area contributed by atoms with Crippen molar-refractivity contribution in [3.05, 3.63) is 80.8 Å². The second-order valence-electron chi connectivity index (χ2n) is 5.84. The number of carbonyl (C=O) groups excluding carboxylic acids is 1. The first kappa shape index (κ1) is 17.0. The van der Waals surface area contributed by atoms with Crippen LogP contribution in [0, 0.1) is 25.2 Å². The normalized spacial score (nSPS) is 10.4. The summed E-state index contributed by atoms with van der Waals surface area (Å²) in [6.45, 7) is 4.90. The molecular formula is C20H18N2O2S. The van der Waals surface area contributed by atoms with Gasteiger partial charge in [0, 0.05) is 16.3 Å². The fourth-order valence-corrected chi connectivity index (χ4v) is 3.40. The standard InChI is InChI=1S/C20H18N2O2S/c1-14-10-19(15(2)22(14)12-18-4-3-9-25-18)20(23)24-13-17-7-5-16(11-21)6-8-17/h3-10H,12-13H2,1-2H3. The fourth-order valence-electron chi connectivity index (χ4n) is 2.71. The molecule has 2 heterocycles. The van der Waals surface area contributed by atoms with Gasteiger partial charge >= 0.3 is 5.97 Å². The molecule has 2 aromatic heterocycles. The molecule has 126 valence electrons. The number of aryl methyl sites for hydroxylation is 1. The summed E-state index contributed by atoms with van der Waals surface area (Å²) >= 11 is 1.70. The lowest BCUT2D eigenvalue weighted by atomic mass is 10.1. The van der Waals surface area contributed by atoms with Gasteiger partial charge in [0.15, 0.2) is 0 Å². The summed E-state index contributed by atoms with van der Waals surface area (Å²) in [6.07, 6.45) is 0. The van der Waals surface area contributed by atoms with Gasteiger partial charge < -0.3 is 9.30 Å². The molecule has 4 nitrogen and oxygen atoms in total. The number of nitrogens with zero attached hydrogens (tertiary/aromatic N) is 2. The van der Waals surface area contributed by atoms with Gasteiger partial charge in [0.05, 0.1) is 23.7 Å². The summed E-state index contributed by atoms with van der Waals surface area (Å²) in [4.78, 5) is 13.7. The first-order chi connectivity index (χ1) is 12.1. The van der Waals surface area contributed by atoms with Crippen molar-refractivity contribution in [3.63, 3.8) is 0 Å². The minimum Gasteiger partial charge on any atom is -0.457 e. The number of rotatable bonds is 5. The Labute approximate surface area is 150 Å². The summed E-state index contributed by atoms with van der Waals surface area (Å²) < 4.78 is 7.57. The van der Waals surface area contributed by atoms with Crippen LogP contribution in [0.25, 0.3) is 0 Å². The number of esters is 1. The highest BCUT2D eigenvalue weighted by molar-refractivity contribution is 7.09. The number of ether oxygens (including phenoxy) is 1. The summed E-state index contributed by atoms with van der Waals surface area (Å²) in [7, 11) is 0. The molecule has 3 aromatic rings. The van der Waals surface area contributed by atoms with Crippen molar-refractivity contribution in [3.8, 4) is 6.07 Å². The Hall–Kier alpha value is -2.84. The molecular weight excluding hydrogens is 332 g/mol. The molecule has 0 aliphatic rings. The topological polar surface area (TPSA) is 55.0 Å². The van der Waals surface area contributed by atoms with Gasteiger partial charge in [0.1, 0.15) is 6.61 Å². The van der Waals surface area contributed by atoms with Crippen LogP contribution in [-0.4, -0.2) is 10.5 Å². The van der Waals surface area contributed by atoms with Crippen LogP contribution in [-0.2, 0) is 17.9 Å². The van der Waals surface area contributed by atoms with Crippen molar-refractivity contribution < 1.29 is 9.53 Å². The molecule has 0 N–H and O–H groups in total. The number of carbonyl (C=O) groups is 1. The molecule has 0 bridgehead atoms. The number of thiophene rings is 1. The molecule has 0 spiro atoms. The molecule has 0 aliphatic carbocycles. The molecule has 0 aliphatic heterocycles. The van der Waals surface area contributed by atoms with E-state index in [4.69, 9.17) is 10.00 Å². The molecule has 0 saturated carbocycles. The summed E-state index contributed by atoms with van der Waals surface area (Å²) in [5.41, 5.74) is 4.00. The predicted molar refractivity (Wildman–Crippen MR) is 97.6 cm³/mol. The van der Waals surface area contributed by atoms with E-state index in [-0.39, 0.29) is 12.6 Å². The first-order valence-corrected chi connectivity index (χ1v) is 8.81. The van der Waals surface area contributed by atoms with E-state index < -0.39 is 0 Å². The molecule has 3 rings (SSSR count). The van der Waals surface area contributed by atoms with Crippen LogP contribution < -0.4 is 0 Å². The molecule has 0 atom stereocenters. The van der Waals surface area contributed by atoms with Crippen molar-refractivity contribution in [1.82, 2.24) is 4.57 Å². The monoisotopic (exact) mass is 350 g/mol. The first-order valence-electron chi connectivity index (χ1n) is 7.93. The average molecular weight is 350 g/mol. The quantitative estimate of drug-likeness (QED) is 0.639. The molecule has 5 heteroatoms. The molecule has 1 aromatic carbocycles. The van der Waals surface area contributed by atoms with Crippen LogP contribution >= 0.6 is 11.3 Å². The third-order valence-corrected chi connectivity index (χ3v) is 5.00. The van der Waals surface area contributed by atoms with Gasteiger partial charge in [-0.3, -0.25) is 0 Å². The largest absolute Gasteiger partial charge is 0.457 e. The lowest BCUT2D eigenvalue weighted by molar-refractivity contribution is 0.0471. The van der Waals surface area contributed by atoms with E-state index in [0.717, 1.165) is 23.5 Å². The minimum absolute atomic E-state index is 0.194. The van der Waals surface area contributed by atoms with E-state index in [0.29, 0.717) is 11.1 Å². The maximum Gasteiger partial charge on any atom is 0.340 e. The van der Waals surface area contributed by atoms with Crippen molar-refractivity contribution in [2.24, 2.45) is 0 Å². The molecule has 0 unspecified atom stereocenters. The van der Waals surface area contributed by atoms with Crippen molar-refractivity contribution in [1.29, 1.82) is 5.26 Å². The van der Waals surface area contributed by atoms with E-state index in [1.807, 2.05) is 26.0 Å². The average Bonchev–Trinajstić information content (AvgIpc) is 3.24. The number of hydrogen-bond acceptors (Lipinski definition) is 4. The van der Waals surface area contributed by atoms with Gasteiger partial charge in [-0.25, -0.2) is 4.79 Å². The predicted octanol–water partition coefficient (Wildman–Crippen LogP) is 4.44. The number of hydrogen-bond donors (Lipinski definition) is 0. The lowest BCUT2D eigenvalue weighted by Crippen LogP contribution is -2.08. The van der Waals surface area contributed by atoms with Gasteiger partial charge in [0.25, 0.3) is 0 Å². The maximum atomic E-state index is 12.4. The van der Waals surface area contributed by atoms with Crippen molar-refractivity contribution in [2.45, 2.75) is 27.0 Å². The van der Waals surface area contributed by atoms with Gasteiger partial charge in [-0.05, 0) is 49.1 Å². The van der Waals surface area contributed by atoms with Gasteiger partial charge in [-0.2, -0.15) is 5.26 Å². The van der Waals surface area contributed by atoms with Crippen LogP contribution in [0.3, 0.4) is 0 Å². The molecule has 0 fully saturated rings. The zero-order valence-electron chi connectivity index (χ0n) is 14.2. The van der Waals surface area contributed by atoms with Crippen molar-refractivity contribution in [2.75, 3.05) is 0 Å². The third-order valence-electron chi connectivity index (χ3n) is 4.14. The Balaban J connectivity index is 1.70. The summed E-state index contributed by atoms with van der Waals surface area (Å²) in [6, 6.07) is 15.1. The van der Waals surface area contributed by atoms with Crippen LogP contribution in [0.4, 0.5) is 0 Å². The zero-order chi connectivity index (χ0) is 17.8. The van der Waals surface area contributed by atoms with Crippen LogP contribution in [0.1, 0.15) is 37.7 Å². The highest BCUT2D eigenvalue weighted by Gasteiger charge is 2.17. The number of nitriles is 1. The lowest BCUT2D eigenvalue weighted by Gasteiger charge is -2.09. The molecule has 0 amide bonds. The van der Waals surface area contributed by atoms with E-state index in [9.17, 15) is 4.79 Å². The van der Waals surface area contributed by atoms with E-state index in [1.165, 1.54) is 4.88 Å². The Kier molecular flexibility index (Phi) is 5.01. The third kappa shape index (κ3) is 3.81. The summed E-state index contributed by atoms with van der Waals surface area (Å²) in [5.74, 6) is -0.324. The van der Waals surface area contributed by atoms with Crippen LogP contribution in [0.15, 0.2) is 47.8 Å². The second-order valence-corrected chi connectivity index (χ2v) is 6.87. The maximum absolute atomic E-state index is 12.4. The molecule has 0 saturated heterocycles. The van der Waals surface area contributed by atoms with Crippen LogP contribution in [0.5, 0.6) is 0 Å². The SMILES string of the molecule is Cc1cc(C(=O)OCc2ccc(C#N)cc2)c(C)n1Cc1cccs1. The van der Waals surface area contributed by atoms with E-state index in [2.05, 4.69) is 22.1 Å². The van der Waals surface area contributed by atoms with Crippen molar-refractivity contribution >= 4 is 17.3 Å². The van der Waals surface area contributed by atoms with Crippen LogP contribution in [0.2, 0.25) is 0 Å². The Morgan fingerprint density at radius 3 is 2.64 bits per heavy atom.